The van der Waals surface area contributed by atoms with Crippen molar-refractivity contribution < 1.29 is 9.18 Å². The van der Waals surface area contributed by atoms with E-state index in [4.69, 9.17) is 0 Å². The van der Waals surface area contributed by atoms with Crippen molar-refractivity contribution in [3.8, 4) is 0 Å². The van der Waals surface area contributed by atoms with Gasteiger partial charge in [0.15, 0.2) is 0 Å². The Morgan fingerprint density at radius 3 is 2.68 bits per heavy atom. The number of amides is 1. The molecule has 1 unspecified atom stereocenters. The second-order valence-corrected chi connectivity index (χ2v) is 6.36. The van der Waals surface area contributed by atoms with E-state index >= 15 is 0 Å². The van der Waals surface area contributed by atoms with Crippen LogP contribution in [0.5, 0.6) is 0 Å². The third-order valence-corrected chi connectivity index (χ3v) is 4.20. The highest BCUT2D eigenvalue weighted by Gasteiger charge is 2.23. The number of nitrogens with zero attached hydrogens (tertiary/aromatic N) is 1. The van der Waals surface area contributed by atoms with Crippen molar-refractivity contribution >= 4 is 5.91 Å². The molecule has 2 N–H and O–H groups in total. The van der Waals surface area contributed by atoms with E-state index < -0.39 is 0 Å². The van der Waals surface area contributed by atoms with E-state index in [0.717, 1.165) is 25.2 Å². The molecule has 22 heavy (non-hydrogen) atoms. The molecule has 0 aliphatic carbocycles. The molecule has 1 amide bonds. The molecule has 2 rings (SSSR count). The van der Waals surface area contributed by atoms with E-state index in [2.05, 4.69) is 36.3 Å². The fraction of sp³-hybridized carbons (Fsp3) is 0.588. The largest absolute Gasteiger partial charge is 0.348 e. The van der Waals surface area contributed by atoms with Crippen LogP contribution >= 0.6 is 0 Å². The van der Waals surface area contributed by atoms with Gasteiger partial charge in [-0.1, -0.05) is 26.0 Å². The van der Waals surface area contributed by atoms with Gasteiger partial charge < -0.3 is 10.6 Å². The number of carbonyl (C=O) groups is 1. The van der Waals surface area contributed by atoms with Crippen molar-refractivity contribution in [3.63, 3.8) is 0 Å². The first-order valence-corrected chi connectivity index (χ1v) is 7.97. The fourth-order valence-corrected chi connectivity index (χ4v) is 2.83. The molecule has 4 nitrogen and oxygen atoms in total. The van der Waals surface area contributed by atoms with Gasteiger partial charge >= 0.3 is 0 Å². The van der Waals surface area contributed by atoms with Crippen LogP contribution in [0.15, 0.2) is 24.3 Å². The quantitative estimate of drug-likeness (QED) is 0.874. The van der Waals surface area contributed by atoms with E-state index in [0.29, 0.717) is 12.6 Å². The van der Waals surface area contributed by atoms with Crippen molar-refractivity contribution in [2.24, 2.45) is 5.92 Å². The molecule has 1 aliphatic rings. The lowest BCUT2D eigenvalue weighted by Gasteiger charge is -2.34. The molecule has 0 aromatic heterocycles. The summed E-state index contributed by atoms with van der Waals surface area (Å²) in [7, 11) is 0. The van der Waals surface area contributed by atoms with E-state index in [1.165, 1.54) is 12.1 Å². The summed E-state index contributed by atoms with van der Waals surface area (Å²) in [5.74, 6) is 0.0128. The number of nitrogens with one attached hydrogen (secondary N) is 2. The predicted octanol–water partition coefficient (Wildman–Crippen LogP) is 1.93. The molecule has 1 aromatic rings. The summed E-state index contributed by atoms with van der Waals surface area (Å²) in [6.45, 7) is 9.37. The maximum absolute atomic E-state index is 13.1. The Kier molecular flexibility index (Phi) is 5.91. The summed E-state index contributed by atoms with van der Waals surface area (Å²) < 4.78 is 13.1. The van der Waals surface area contributed by atoms with Crippen molar-refractivity contribution in [1.82, 2.24) is 15.5 Å². The summed E-state index contributed by atoms with van der Waals surface area (Å²) >= 11 is 0. The lowest BCUT2D eigenvalue weighted by atomic mass is 9.96. The molecular weight excluding hydrogens is 281 g/mol. The molecule has 1 aliphatic heterocycles. The van der Waals surface area contributed by atoms with Crippen LogP contribution in [0, 0.1) is 11.7 Å². The van der Waals surface area contributed by atoms with Gasteiger partial charge in [0, 0.05) is 25.7 Å². The van der Waals surface area contributed by atoms with Crippen molar-refractivity contribution in [2.45, 2.75) is 32.9 Å². The number of hydrogen-bond donors (Lipinski definition) is 2. The normalized spacial score (nSPS) is 20.9. The second-order valence-electron chi connectivity index (χ2n) is 6.36. The first-order valence-electron chi connectivity index (χ1n) is 7.97. The zero-order valence-electron chi connectivity index (χ0n) is 13.6. The van der Waals surface area contributed by atoms with Crippen LogP contribution in [0.3, 0.4) is 0 Å². The third kappa shape index (κ3) is 4.52. The summed E-state index contributed by atoms with van der Waals surface area (Å²) in [4.78, 5) is 14.6. The summed E-state index contributed by atoms with van der Waals surface area (Å²) in [5.41, 5.74) is 0.943. The summed E-state index contributed by atoms with van der Waals surface area (Å²) in [6.07, 6.45) is 0. The Hall–Kier alpha value is -1.46. The van der Waals surface area contributed by atoms with Gasteiger partial charge in [-0.25, -0.2) is 4.39 Å². The Morgan fingerprint density at radius 2 is 2.09 bits per heavy atom. The Morgan fingerprint density at radius 1 is 1.41 bits per heavy atom. The van der Waals surface area contributed by atoms with E-state index in [1.807, 2.05) is 0 Å². The molecule has 2 atom stereocenters. The van der Waals surface area contributed by atoms with Gasteiger partial charge in [-0.2, -0.15) is 0 Å². The van der Waals surface area contributed by atoms with Crippen LogP contribution in [0.2, 0.25) is 0 Å². The van der Waals surface area contributed by atoms with Crippen molar-refractivity contribution in [2.75, 3.05) is 26.2 Å². The van der Waals surface area contributed by atoms with Crippen LogP contribution in [-0.4, -0.2) is 43.0 Å². The molecule has 1 heterocycles. The Labute approximate surface area is 132 Å². The number of hydrogen-bond acceptors (Lipinski definition) is 3. The van der Waals surface area contributed by atoms with Gasteiger partial charge in [0.1, 0.15) is 5.82 Å². The molecule has 0 saturated carbocycles. The Bertz CT molecular complexity index is 489. The van der Waals surface area contributed by atoms with Gasteiger partial charge in [-0.05, 0) is 30.5 Å². The maximum atomic E-state index is 13.1. The molecule has 5 heteroatoms. The average molecular weight is 307 g/mol. The fourth-order valence-electron chi connectivity index (χ4n) is 2.83. The highest BCUT2D eigenvalue weighted by Crippen LogP contribution is 2.22. The zero-order chi connectivity index (χ0) is 16.1. The second kappa shape index (κ2) is 7.70. The van der Waals surface area contributed by atoms with E-state index in [-0.39, 0.29) is 23.7 Å². The molecule has 1 aromatic carbocycles. The topological polar surface area (TPSA) is 44.4 Å². The monoisotopic (exact) mass is 307 g/mol. The number of piperazine rings is 1. The van der Waals surface area contributed by atoms with Gasteiger partial charge in [-0.15, -0.1) is 0 Å². The minimum Gasteiger partial charge on any atom is -0.348 e. The van der Waals surface area contributed by atoms with Crippen LogP contribution in [0.4, 0.5) is 4.39 Å². The van der Waals surface area contributed by atoms with Crippen LogP contribution < -0.4 is 10.6 Å². The average Bonchev–Trinajstić information content (AvgIpc) is 2.48. The summed E-state index contributed by atoms with van der Waals surface area (Å²) in [6, 6.07) is 6.64. The lowest BCUT2D eigenvalue weighted by Crippen LogP contribution is -2.53. The molecule has 0 radical (unpaired) electrons. The zero-order valence-corrected chi connectivity index (χ0v) is 13.6. The van der Waals surface area contributed by atoms with Crippen LogP contribution in [0.25, 0.3) is 0 Å². The summed E-state index contributed by atoms with van der Waals surface area (Å²) in [5, 5.41) is 6.42. The van der Waals surface area contributed by atoms with Gasteiger partial charge in [0.25, 0.3) is 0 Å². The molecule has 1 fully saturated rings. The number of benzene rings is 1. The molecule has 122 valence electrons. The van der Waals surface area contributed by atoms with E-state index in [9.17, 15) is 9.18 Å². The standard InChI is InChI=1S/C17H26FN3O/c1-12(2)17(14-4-6-15(18)7-5-14)20-16(22)11-21-9-8-19-10-13(21)3/h4-7,12-13,17,19H,8-11H2,1-3H3,(H,20,22)/t13-,17?/m0/s1. The maximum Gasteiger partial charge on any atom is 0.234 e. The molecule has 0 spiro atoms. The highest BCUT2D eigenvalue weighted by atomic mass is 19.1. The predicted molar refractivity (Wildman–Crippen MR) is 86.0 cm³/mol. The molecule has 0 bridgehead atoms. The van der Waals surface area contributed by atoms with Crippen molar-refractivity contribution in [3.05, 3.63) is 35.6 Å². The van der Waals surface area contributed by atoms with Gasteiger partial charge in [-0.3, -0.25) is 9.69 Å². The minimum absolute atomic E-state index is 0.0248. The first kappa shape index (κ1) is 16.9. The smallest absolute Gasteiger partial charge is 0.234 e. The number of rotatable bonds is 5. The first-order chi connectivity index (χ1) is 10.5. The Balaban J connectivity index is 1.98. The minimum atomic E-state index is -0.257. The van der Waals surface area contributed by atoms with E-state index in [1.54, 1.807) is 12.1 Å². The van der Waals surface area contributed by atoms with Gasteiger partial charge in [0.05, 0.1) is 12.6 Å². The molecule has 1 saturated heterocycles. The number of halogens is 1. The van der Waals surface area contributed by atoms with Gasteiger partial charge in [0.2, 0.25) is 5.91 Å². The van der Waals surface area contributed by atoms with Crippen LogP contribution in [0.1, 0.15) is 32.4 Å². The number of carbonyl (C=O) groups excluding carboxylic acids is 1. The lowest BCUT2D eigenvalue weighted by molar-refractivity contribution is -0.124. The third-order valence-electron chi connectivity index (χ3n) is 4.20. The SMILES string of the molecule is CC(C)C(NC(=O)CN1CCNC[C@@H]1C)c1ccc(F)cc1. The van der Waals surface area contributed by atoms with Crippen LogP contribution in [-0.2, 0) is 4.79 Å². The van der Waals surface area contributed by atoms with Crippen molar-refractivity contribution in [1.29, 1.82) is 0 Å². The highest BCUT2D eigenvalue weighted by molar-refractivity contribution is 5.78. The molecular formula is C17H26FN3O.